The number of anilines is 1. The number of nitrogens with zero attached hydrogens (tertiary/aromatic N) is 1. The molecule has 0 amide bonds. The topological polar surface area (TPSA) is 24.9 Å². The number of aryl methyl sites for hydroxylation is 3. The third-order valence-electron chi connectivity index (χ3n) is 3.24. The van der Waals surface area contributed by atoms with E-state index in [1.165, 1.54) is 16.7 Å². The summed E-state index contributed by atoms with van der Waals surface area (Å²) < 4.78 is 0. The first-order valence-corrected chi connectivity index (χ1v) is 6.87. The van der Waals surface area contributed by atoms with Gasteiger partial charge in [0.15, 0.2) is 0 Å². The molecule has 1 aromatic heterocycles. The summed E-state index contributed by atoms with van der Waals surface area (Å²) in [6, 6.07) is 11.3. The van der Waals surface area contributed by atoms with Crippen LogP contribution in [0, 0.1) is 13.8 Å². The van der Waals surface area contributed by atoms with Crippen molar-refractivity contribution in [3.05, 3.63) is 59.4 Å². The van der Waals surface area contributed by atoms with Crippen molar-refractivity contribution in [2.24, 2.45) is 0 Å². The van der Waals surface area contributed by atoms with Crippen LogP contribution in [0.25, 0.3) is 0 Å². The molecule has 0 radical (unpaired) electrons. The van der Waals surface area contributed by atoms with Gasteiger partial charge in [-0.2, -0.15) is 0 Å². The van der Waals surface area contributed by atoms with E-state index in [4.69, 9.17) is 0 Å². The molecule has 1 N–H and O–H groups in total. The molecule has 19 heavy (non-hydrogen) atoms. The van der Waals surface area contributed by atoms with Gasteiger partial charge >= 0.3 is 0 Å². The SMILES string of the molecule is Cc1cccc(CCC(C)Nc2cncc(C)c2)c1. The molecule has 0 aliphatic carbocycles. The van der Waals surface area contributed by atoms with Crippen LogP contribution in [0.1, 0.15) is 30.0 Å². The van der Waals surface area contributed by atoms with E-state index in [0.717, 1.165) is 18.5 Å². The fourth-order valence-corrected chi connectivity index (χ4v) is 2.24. The quantitative estimate of drug-likeness (QED) is 0.867. The van der Waals surface area contributed by atoms with Crippen molar-refractivity contribution >= 4 is 5.69 Å². The molecule has 0 aliphatic rings. The Labute approximate surface area is 115 Å². The first-order valence-electron chi connectivity index (χ1n) is 6.87. The highest BCUT2D eigenvalue weighted by molar-refractivity contribution is 5.43. The largest absolute Gasteiger partial charge is 0.381 e. The molecule has 1 heterocycles. The fourth-order valence-electron chi connectivity index (χ4n) is 2.24. The number of rotatable bonds is 5. The zero-order chi connectivity index (χ0) is 13.7. The second-order valence-electron chi connectivity index (χ2n) is 5.32. The number of benzene rings is 1. The molecule has 2 nitrogen and oxygen atoms in total. The highest BCUT2D eigenvalue weighted by Crippen LogP contribution is 2.13. The van der Waals surface area contributed by atoms with E-state index in [-0.39, 0.29) is 0 Å². The molecule has 1 atom stereocenters. The maximum absolute atomic E-state index is 4.20. The predicted molar refractivity (Wildman–Crippen MR) is 81.6 cm³/mol. The van der Waals surface area contributed by atoms with E-state index in [0.29, 0.717) is 6.04 Å². The molecule has 2 heteroatoms. The van der Waals surface area contributed by atoms with Crippen molar-refractivity contribution in [2.45, 2.75) is 39.7 Å². The minimum absolute atomic E-state index is 0.448. The third-order valence-corrected chi connectivity index (χ3v) is 3.24. The molecule has 1 aromatic carbocycles. The van der Waals surface area contributed by atoms with Crippen molar-refractivity contribution in [1.82, 2.24) is 4.98 Å². The highest BCUT2D eigenvalue weighted by atomic mass is 14.9. The lowest BCUT2D eigenvalue weighted by molar-refractivity contribution is 0.705. The summed E-state index contributed by atoms with van der Waals surface area (Å²) in [7, 11) is 0. The smallest absolute Gasteiger partial charge is 0.0531 e. The Morgan fingerprint density at radius 1 is 1.11 bits per heavy atom. The average Bonchev–Trinajstić information content (AvgIpc) is 2.36. The minimum Gasteiger partial charge on any atom is -0.381 e. The Balaban J connectivity index is 1.86. The molecule has 0 saturated heterocycles. The molecule has 0 bridgehead atoms. The second kappa shape index (κ2) is 6.37. The number of hydrogen-bond acceptors (Lipinski definition) is 2. The van der Waals surface area contributed by atoms with E-state index in [1.807, 2.05) is 12.4 Å². The zero-order valence-corrected chi connectivity index (χ0v) is 12.0. The molecular formula is C17H22N2. The van der Waals surface area contributed by atoms with Crippen LogP contribution in [0.2, 0.25) is 0 Å². The summed E-state index contributed by atoms with van der Waals surface area (Å²) >= 11 is 0. The summed E-state index contributed by atoms with van der Waals surface area (Å²) in [6.45, 7) is 6.43. The summed E-state index contributed by atoms with van der Waals surface area (Å²) in [5.74, 6) is 0. The molecule has 2 rings (SSSR count). The molecule has 100 valence electrons. The van der Waals surface area contributed by atoms with Crippen molar-refractivity contribution in [2.75, 3.05) is 5.32 Å². The van der Waals surface area contributed by atoms with Crippen LogP contribution in [-0.2, 0) is 6.42 Å². The lowest BCUT2D eigenvalue weighted by Crippen LogP contribution is -2.16. The normalized spacial score (nSPS) is 12.2. The maximum Gasteiger partial charge on any atom is 0.0531 e. The number of hydrogen-bond donors (Lipinski definition) is 1. The van der Waals surface area contributed by atoms with E-state index in [1.54, 1.807) is 0 Å². The molecule has 0 fully saturated rings. The maximum atomic E-state index is 4.20. The van der Waals surface area contributed by atoms with Gasteiger partial charge in [0.05, 0.1) is 5.69 Å². The van der Waals surface area contributed by atoms with Gasteiger partial charge in [-0.05, 0) is 50.8 Å². The van der Waals surface area contributed by atoms with Crippen molar-refractivity contribution in [1.29, 1.82) is 0 Å². The highest BCUT2D eigenvalue weighted by Gasteiger charge is 2.03. The van der Waals surface area contributed by atoms with Gasteiger partial charge in [-0.25, -0.2) is 0 Å². The van der Waals surface area contributed by atoms with Gasteiger partial charge in [0, 0.05) is 18.4 Å². The first kappa shape index (κ1) is 13.6. The molecule has 0 aliphatic heterocycles. The molecule has 0 saturated carbocycles. The van der Waals surface area contributed by atoms with Crippen LogP contribution in [-0.4, -0.2) is 11.0 Å². The summed E-state index contributed by atoms with van der Waals surface area (Å²) in [4.78, 5) is 4.20. The van der Waals surface area contributed by atoms with Crippen LogP contribution in [0.4, 0.5) is 5.69 Å². The molecule has 1 unspecified atom stereocenters. The van der Waals surface area contributed by atoms with E-state index in [9.17, 15) is 0 Å². The summed E-state index contributed by atoms with van der Waals surface area (Å²) in [5.41, 5.74) is 5.05. The Morgan fingerprint density at radius 3 is 2.68 bits per heavy atom. The van der Waals surface area contributed by atoms with Crippen LogP contribution >= 0.6 is 0 Å². The predicted octanol–water partition coefficient (Wildman–Crippen LogP) is 4.13. The van der Waals surface area contributed by atoms with Crippen molar-refractivity contribution < 1.29 is 0 Å². The third kappa shape index (κ3) is 4.40. The average molecular weight is 254 g/mol. The Morgan fingerprint density at radius 2 is 1.95 bits per heavy atom. The molecule has 2 aromatic rings. The van der Waals surface area contributed by atoms with Crippen molar-refractivity contribution in [3.8, 4) is 0 Å². The summed E-state index contributed by atoms with van der Waals surface area (Å²) in [5, 5.41) is 3.51. The lowest BCUT2D eigenvalue weighted by atomic mass is 10.0. The van der Waals surface area contributed by atoms with Crippen molar-refractivity contribution in [3.63, 3.8) is 0 Å². The van der Waals surface area contributed by atoms with Gasteiger partial charge in [0.2, 0.25) is 0 Å². The Hall–Kier alpha value is -1.83. The number of nitrogens with one attached hydrogen (secondary N) is 1. The van der Waals surface area contributed by atoms with Crippen LogP contribution in [0.3, 0.4) is 0 Å². The van der Waals surface area contributed by atoms with Gasteiger partial charge in [-0.3, -0.25) is 4.98 Å². The first-order chi connectivity index (χ1) is 9.13. The fraction of sp³-hybridized carbons (Fsp3) is 0.353. The molecule has 0 spiro atoms. The van der Waals surface area contributed by atoms with Crippen LogP contribution < -0.4 is 5.32 Å². The van der Waals surface area contributed by atoms with Gasteiger partial charge in [0.1, 0.15) is 0 Å². The monoisotopic (exact) mass is 254 g/mol. The zero-order valence-electron chi connectivity index (χ0n) is 12.0. The lowest BCUT2D eigenvalue weighted by Gasteiger charge is -2.15. The van der Waals surface area contributed by atoms with Gasteiger partial charge < -0.3 is 5.32 Å². The van der Waals surface area contributed by atoms with E-state index >= 15 is 0 Å². The van der Waals surface area contributed by atoms with E-state index < -0.39 is 0 Å². The number of aromatic nitrogens is 1. The Bertz CT molecular complexity index is 534. The second-order valence-corrected chi connectivity index (χ2v) is 5.32. The van der Waals surface area contributed by atoms with Gasteiger partial charge in [-0.15, -0.1) is 0 Å². The van der Waals surface area contributed by atoms with Crippen LogP contribution in [0.15, 0.2) is 42.7 Å². The summed E-state index contributed by atoms with van der Waals surface area (Å²) in [6.07, 6.45) is 5.99. The van der Waals surface area contributed by atoms with Crippen LogP contribution in [0.5, 0.6) is 0 Å². The van der Waals surface area contributed by atoms with E-state index in [2.05, 4.69) is 61.4 Å². The molecular weight excluding hydrogens is 232 g/mol. The van der Waals surface area contributed by atoms with Gasteiger partial charge in [-0.1, -0.05) is 29.8 Å². The van der Waals surface area contributed by atoms with Gasteiger partial charge in [0.25, 0.3) is 0 Å². The minimum atomic E-state index is 0.448. The number of pyridine rings is 1. The Kier molecular flexibility index (Phi) is 4.56. The standard InChI is InChI=1S/C17H22N2/c1-13-5-4-6-16(9-13)8-7-15(3)19-17-10-14(2)11-18-12-17/h4-6,9-12,15,19H,7-8H2,1-3H3.